The van der Waals surface area contributed by atoms with Gasteiger partial charge in [0.25, 0.3) is 0 Å². The third kappa shape index (κ3) is 12.5. The number of unbranched alkanes of at least 4 members (excludes halogenated alkanes) is 3. The molecule has 4 aromatic rings. The van der Waals surface area contributed by atoms with Gasteiger partial charge in [-0.3, -0.25) is 4.84 Å². The van der Waals surface area contributed by atoms with Crippen LogP contribution in [-0.2, 0) is 17.8 Å². The fourth-order valence-corrected chi connectivity index (χ4v) is 5.79. The predicted molar refractivity (Wildman–Crippen MR) is 205 cm³/mol. The number of aromatic nitrogens is 3. The van der Waals surface area contributed by atoms with E-state index < -0.39 is 0 Å². The van der Waals surface area contributed by atoms with Crippen molar-refractivity contribution in [2.75, 3.05) is 55.7 Å². The summed E-state index contributed by atoms with van der Waals surface area (Å²) in [5, 5.41) is 3.28. The molecule has 0 bridgehead atoms. The minimum Gasteiger partial charge on any atom is -0.399 e. The molecule has 2 aromatic carbocycles. The number of nitrogens with zero attached hydrogens (tertiary/aromatic N) is 5. The second kappa shape index (κ2) is 22.9. The molecule has 1 aliphatic rings. The molecule has 6 N–H and O–H groups in total. The van der Waals surface area contributed by atoms with E-state index in [-0.39, 0.29) is 40.4 Å². The number of nitrogens with two attached hydrogens (primary N) is 3. The van der Waals surface area contributed by atoms with Gasteiger partial charge in [0.1, 0.15) is 11.3 Å². The van der Waals surface area contributed by atoms with Gasteiger partial charge in [-0.1, -0.05) is 52.0 Å². The molecule has 0 aliphatic carbocycles. The first-order valence-electron chi connectivity index (χ1n) is 17.6. The molecule has 1 saturated heterocycles. The van der Waals surface area contributed by atoms with Gasteiger partial charge in [-0.15, -0.1) is 19.6 Å². The van der Waals surface area contributed by atoms with Crippen LogP contribution in [0.2, 0.25) is 0 Å². The summed E-state index contributed by atoms with van der Waals surface area (Å²) in [4.78, 5) is 18.3. The Labute approximate surface area is 327 Å². The van der Waals surface area contributed by atoms with Gasteiger partial charge in [-0.2, -0.15) is 5.06 Å². The van der Waals surface area contributed by atoms with E-state index in [1.54, 1.807) is 12.1 Å². The maximum Gasteiger partial charge on any atom is 0.152 e. The Hall–Kier alpha value is -2.76. The van der Waals surface area contributed by atoms with E-state index in [2.05, 4.69) is 72.6 Å². The van der Waals surface area contributed by atoms with Crippen molar-refractivity contribution in [3.8, 4) is 12.3 Å². The van der Waals surface area contributed by atoms with E-state index in [0.29, 0.717) is 11.5 Å². The van der Waals surface area contributed by atoms with Gasteiger partial charge in [0, 0.05) is 102 Å². The van der Waals surface area contributed by atoms with Crippen LogP contribution in [0.1, 0.15) is 77.1 Å². The zero-order valence-electron chi connectivity index (χ0n) is 30.0. The molecule has 0 spiro atoms. The number of benzene rings is 2. The minimum absolute atomic E-state index is 0. The van der Waals surface area contributed by atoms with Gasteiger partial charge in [0.15, 0.2) is 5.82 Å². The molecule has 9 nitrogen and oxygen atoms in total. The second-order valence-electron chi connectivity index (χ2n) is 12.3. The number of nitrogen functional groups attached to an aromatic ring is 2. The third-order valence-corrected chi connectivity index (χ3v) is 8.84. The molecule has 3 heterocycles. The number of hydrogen-bond acceptors (Lipinski definition) is 8. The molecule has 1 atom stereocenters. The van der Waals surface area contributed by atoms with Crippen LogP contribution in [0.3, 0.4) is 0 Å². The summed E-state index contributed by atoms with van der Waals surface area (Å²) in [6.45, 7) is 19.0. The number of terminal acetylenes is 1. The van der Waals surface area contributed by atoms with Gasteiger partial charge in [-0.25, -0.2) is 9.97 Å². The quantitative estimate of drug-likeness (QED) is 0.0531. The monoisotopic (exact) mass is 806 g/mol. The average Bonchev–Trinajstić information content (AvgIpc) is 3.49. The van der Waals surface area contributed by atoms with Gasteiger partial charge in [-0.05, 0) is 74.5 Å². The van der Waals surface area contributed by atoms with Crippen LogP contribution in [0, 0.1) is 58.7 Å². The summed E-state index contributed by atoms with van der Waals surface area (Å²) in [5.41, 5.74) is 23.3. The number of rotatable bonds is 14. The van der Waals surface area contributed by atoms with Crippen LogP contribution in [0.25, 0.3) is 21.9 Å². The summed E-state index contributed by atoms with van der Waals surface area (Å²) in [7, 11) is 0. The summed E-state index contributed by atoms with van der Waals surface area (Å²) in [6.07, 6.45) is 13.9. The van der Waals surface area contributed by atoms with Crippen LogP contribution >= 0.6 is 0 Å². The average molecular weight is 805 g/mol. The van der Waals surface area contributed by atoms with E-state index in [9.17, 15) is 0 Å². The molecule has 5 rings (SSSR count). The smallest absolute Gasteiger partial charge is 0.152 e. The standard InChI is InChI=1S/C29H47N7O.C8H7N.C2H4.Sm/c1-4-6-10-26-33-27-28(36(26)15-9-7-8-14-30)24-21-23(11-12-25(24)32-29(27)31)34-16-18-35(19-17-34)37-20-13-22(3)5-2;1-2-7-4-3-5-8(9)6-7;1-2;/h11-12,21-22H,4-10,13-20,30H2,1-3H3,(H2,31,32);1,3-6H,9H2;1-2H2;/t22-;;;/m0.../s1. The zero-order valence-corrected chi connectivity index (χ0v) is 32.6. The minimum atomic E-state index is 0. The SMILES string of the molecule is C#Cc1cccc(N)c1.C=C.CCCCc1nc2c(N)nc3ccc(N4CCN(OCC[C@@H](C)CC)CC4)cc3c2n1CCCCCN.[Sm]. The number of piperazine rings is 1. The van der Waals surface area contributed by atoms with Crippen molar-refractivity contribution in [2.24, 2.45) is 11.7 Å². The Bertz CT molecular complexity index is 1590. The fourth-order valence-electron chi connectivity index (χ4n) is 5.79. The van der Waals surface area contributed by atoms with Crippen LogP contribution in [-0.4, -0.2) is 58.9 Å². The van der Waals surface area contributed by atoms with Crippen molar-refractivity contribution in [2.45, 2.75) is 78.7 Å². The van der Waals surface area contributed by atoms with Crippen LogP contribution < -0.4 is 22.1 Å². The molecule has 0 saturated carbocycles. The molecular formula is C39H58N8OSm. The molecule has 10 heteroatoms. The third-order valence-electron chi connectivity index (χ3n) is 8.84. The van der Waals surface area contributed by atoms with E-state index in [1.807, 2.05) is 12.1 Å². The maximum atomic E-state index is 6.44. The predicted octanol–water partition coefficient (Wildman–Crippen LogP) is 7.18. The first-order chi connectivity index (χ1) is 23.4. The summed E-state index contributed by atoms with van der Waals surface area (Å²) in [5.74, 6) is 4.85. The number of imidazole rings is 1. The molecular weight excluding hydrogens is 747 g/mol. The normalized spacial score (nSPS) is 13.5. The molecule has 49 heavy (non-hydrogen) atoms. The van der Waals surface area contributed by atoms with Gasteiger partial charge < -0.3 is 26.7 Å². The molecule has 0 amide bonds. The molecule has 2 aromatic heterocycles. The number of fused-ring (bicyclic) bond motifs is 3. The Morgan fingerprint density at radius 3 is 2.37 bits per heavy atom. The number of hydrogen-bond donors (Lipinski definition) is 3. The van der Waals surface area contributed by atoms with Crippen molar-refractivity contribution < 1.29 is 45.2 Å². The number of anilines is 3. The molecule has 0 radical (unpaired) electrons. The van der Waals surface area contributed by atoms with Crippen molar-refractivity contribution in [3.05, 3.63) is 67.0 Å². The Morgan fingerprint density at radius 2 is 1.73 bits per heavy atom. The maximum absolute atomic E-state index is 6.44. The van der Waals surface area contributed by atoms with Crippen LogP contribution in [0.15, 0.2) is 55.6 Å². The fraction of sp³-hybridized carbons (Fsp3) is 0.487. The summed E-state index contributed by atoms with van der Waals surface area (Å²) < 4.78 is 2.41. The Morgan fingerprint density at radius 1 is 0.980 bits per heavy atom. The number of hydroxylamine groups is 2. The Kier molecular flexibility index (Phi) is 19.8. The van der Waals surface area contributed by atoms with Crippen LogP contribution in [0.4, 0.5) is 17.2 Å². The van der Waals surface area contributed by atoms with Crippen molar-refractivity contribution >= 4 is 39.1 Å². The van der Waals surface area contributed by atoms with Crippen molar-refractivity contribution in [1.29, 1.82) is 0 Å². The van der Waals surface area contributed by atoms with Gasteiger partial charge in [0.2, 0.25) is 0 Å². The van der Waals surface area contributed by atoms with E-state index in [0.717, 1.165) is 130 Å². The summed E-state index contributed by atoms with van der Waals surface area (Å²) in [6, 6.07) is 13.8. The molecule has 266 valence electrons. The molecule has 0 unspecified atom stereocenters. The largest absolute Gasteiger partial charge is 0.399 e. The van der Waals surface area contributed by atoms with Gasteiger partial charge >= 0.3 is 0 Å². The molecule has 1 aliphatic heterocycles. The van der Waals surface area contributed by atoms with E-state index in [1.165, 1.54) is 12.1 Å². The first-order valence-corrected chi connectivity index (χ1v) is 17.6. The van der Waals surface area contributed by atoms with Crippen LogP contribution in [0.5, 0.6) is 0 Å². The Balaban J connectivity index is 0.000000597. The zero-order chi connectivity index (χ0) is 34.9. The van der Waals surface area contributed by atoms with Gasteiger partial charge in [0.05, 0.1) is 17.6 Å². The van der Waals surface area contributed by atoms with Crippen molar-refractivity contribution in [1.82, 2.24) is 19.6 Å². The summed E-state index contributed by atoms with van der Waals surface area (Å²) >= 11 is 0. The van der Waals surface area contributed by atoms with E-state index >= 15 is 0 Å². The topological polar surface area (TPSA) is 124 Å². The second-order valence-corrected chi connectivity index (χ2v) is 12.3. The number of pyridine rings is 1. The molecule has 1 fully saturated rings. The van der Waals surface area contributed by atoms with E-state index in [4.69, 9.17) is 38.4 Å². The number of aryl methyl sites for hydroxylation is 2. The van der Waals surface area contributed by atoms with Crippen molar-refractivity contribution in [3.63, 3.8) is 0 Å². The first kappa shape index (κ1) is 42.4.